The molecular formula is C24H27Cl2F3N2O. The SMILES string of the molecule is CCC1CCC(C)(C(NC(=O)c2c(Cl)ccc(C(F)(F)F)c2Cl)c2ccccc2)N(C)C1. The number of alkyl halides is 3. The molecule has 0 saturated carbocycles. The molecule has 3 atom stereocenters. The topological polar surface area (TPSA) is 32.3 Å². The number of amides is 1. The fraction of sp³-hybridized carbons (Fsp3) is 0.458. The van der Waals surface area contributed by atoms with E-state index < -0.39 is 34.3 Å². The summed E-state index contributed by atoms with van der Waals surface area (Å²) in [5.74, 6) is -0.167. The van der Waals surface area contributed by atoms with Crippen molar-refractivity contribution in [3.05, 3.63) is 69.2 Å². The molecule has 0 aliphatic carbocycles. The highest BCUT2D eigenvalue weighted by Crippen LogP contribution is 2.42. The maximum atomic E-state index is 13.4. The lowest BCUT2D eigenvalue weighted by molar-refractivity contribution is -0.137. The van der Waals surface area contributed by atoms with Crippen molar-refractivity contribution in [3.8, 4) is 0 Å². The third kappa shape index (κ3) is 4.92. The van der Waals surface area contributed by atoms with Crippen molar-refractivity contribution in [2.45, 2.75) is 50.9 Å². The number of likely N-dealkylation sites (N-methyl/N-ethyl adjacent to an activating group) is 1. The summed E-state index contributed by atoms with van der Waals surface area (Å²) < 4.78 is 40.1. The zero-order valence-corrected chi connectivity index (χ0v) is 19.8. The quantitative estimate of drug-likeness (QED) is 0.493. The first kappa shape index (κ1) is 24.9. The summed E-state index contributed by atoms with van der Waals surface area (Å²) >= 11 is 12.2. The number of hydrogen-bond acceptors (Lipinski definition) is 2. The lowest BCUT2D eigenvalue weighted by Crippen LogP contribution is -2.57. The van der Waals surface area contributed by atoms with Crippen LogP contribution in [0.3, 0.4) is 0 Å². The Labute approximate surface area is 196 Å². The summed E-state index contributed by atoms with van der Waals surface area (Å²) in [7, 11) is 2.02. The normalized spacial score (nSPS) is 23.1. The fourth-order valence-corrected chi connectivity index (χ4v) is 5.15. The molecule has 8 heteroatoms. The van der Waals surface area contributed by atoms with Crippen molar-refractivity contribution in [1.82, 2.24) is 10.2 Å². The molecule has 3 rings (SSSR count). The van der Waals surface area contributed by atoms with Crippen molar-refractivity contribution < 1.29 is 18.0 Å². The van der Waals surface area contributed by atoms with Crippen molar-refractivity contribution in [1.29, 1.82) is 0 Å². The summed E-state index contributed by atoms with van der Waals surface area (Å²) in [5.41, 5.74) is -1.03. The Balaban J connectivity index is 2.01. The van der Waals surface area contributed by atoms with Crippen LogP contribution in [0.25, 0.3) is 0 Å². The Morgan fingerprint density at radius 3 is 2.44 bits per heavy atom. The third-order valence-electron chi connectivity index (χ3n) is 6.69. The van der Waals surface area contributed by atoms with Crippen LogP contribution in [0, 0.1) is 5.92 Å². The lowest BCUT2D eigenvalue weighted by atomic mass is 9.75. The summed E-state index contributed by atoms with van der Waals surface area (Å²) in [6, 6.07) is 10.8. The van der Waals surface area contributed by atoms with E-state index in [1.54, 1.807) is 0 Å². The number of rotatable bonds is 5. The van der Waals surface area contributed by atoms with E-state index in [1.807, 2.05) is 37.4 Å². The molecule has 3 unspecified atom stereocenters. The van der Waals surface area contributed by atoms with E-state index in [4.69, 9.17) is 23.2 Å². The molecule has 1 amide bonds. The fourth-order valence-electron chi connectivity index (χ4n) is 4.50. The van der Waals surface area contributed by atoms with Crippen LogP contribution >= 0.6 is 23.2 Å². The van der Waals surface area contributed by atoms with Crippen LogP contribution in [0.5, 0.6) is 0 Å². The Morgan fingerprint density at radius 2 is 1.88 bits per heavy atom. The highest BCUT2D eigenvalue weighted by molar-refractivity contribution is 6.40. The van der Waals surface area contributed by atoms with Crippen LogP contribution in [0.15, 0.2) is 42.5 Å². The maximum Gasteiger partial charge on any atom is 0.417 e. The van der Waals surface area contributed by atoms with Crippen LogP contribution in [-0.4, -0.2) is 29.9 Å². The molecule has 1 aliphatic heterocycles. The first-order valence-corrected chi connectivity index (χ1v) is 11.4. The van der Waals surface area contributed by atoms with Crippen LogP contribution < -0.4 is 5.32 Å². The van der Waals surface area contributed by atoms with Gasteiger partial charge in [0, 0.05) is 12.1 Å². The molecule has 1 aliphatic rings. The molecule has 1 fully saturated rings. The smallest absolute Gasteiger partial charge is 0.343 e. The molecular weight excluding hydrogens is 460 g/mol. The average molecular weight is 487 g/mol. The van der Waals surface area contributed by atoms with Gasteiger partial charge in [0.05, 0.1) is 27.2 Å². The molecule has 32 heavy (non-hydrogen) atoms. The summed E-state index contributed by atoms with van der Waals surface area (Å²) in [6.07, 6.45) is -1.80. The number of nitrogens with zero attached hydrogens (tertiary/aromatic N) is 1. The number of benzene rings is 2. The third-order valence-corrected chi connectivity index (χ3v) is 7.40. The van der Waals surface area contributed by atoms with Crippen molar-refractivity contribution in [3.63, 3.8) is 0 Å². The highest BCUT2D eigenvalue weighted by atomic mass is 35.5. The lowest BCUT2D eigenvalue weighted by Gasteiger charge is -2.50. The zero-order valence-electron chi connectivity index (χ0n) is 18.3. The van der Waals surface area contributed by atoms with Crippen LogP contribution in [0.2, 0.25) is 10.0 Å². The molecule has 0 spiro atoms. The minimum Gasteiger partial charge on any atom is -0.343 e. The number of likely N-dealkylation sites (tertiary alicyclic amines) is 1. The van der Waals surface area contributed by atoms with Crippen molar-refractivity contribution in [2.24, 2.45) is 5.92 Å². The molecule has 1 heterocycles. The van der Waals surface area contributed by atoms with Crippen LogP contribution in [-0.2, 0) is 6.18 Å². The van der Waals surface area contributed by atoms with Gasteiger partial charge < -0.3 is 5.32 Å². The standard InChI is InChI=1S/C24H27Cl2F3N2O/c1-4-15-12-13-23(2,31(3)14-15)21(16-8-6-5-7-9-16)30-22(32)19-18(25)11-10-17(20(19)26)24(27,28)29/h5-11,15,21H,4,12-14H2,1-3H3,(H,30,32). The number of carbonyl (C=O) groups is 1. The van der Waals surface area contributed by atoms with Gasteiger partial charge in [0.1, 0.15) is 0 Å². The molecule has 174 valence electrons. The predicted octanol–water partition coefficient (Wildman–Crippen LogP) is 6.99. The van der Waals surface area contributed by atoms with Gasteiger partial charge in [0.25, 0.3) is 5.91 Å². The Hall–Kier alpha value is -1.76. The number of carbonyl (C=O) groups excluding carboxylic acids is 1. The first-order valence-electron chi connectivity index (χ1n) is 10.6. The van der Waals surface area contributed by atoms with Crippen molar-refractivity contribution in [2.75, 3.05) is 13.6 Å². The van der Waals surface area contributed by atoms with E-state index >= 15 is 0 Å². The minimum atomic E-state index is -4.69. The number of hydrogen-bond donors (Lipinski definition) is 1. The van der Waals surface area contributed by atoms with E-state index in [0.717, 1.165) is 43.5 Å². The van der Waals surface area contributed by atoms with Gasteiger partial charge in [0.2, 0.25) is 0 Å². The molecule has 2 aromatic rings. The van der Waals surface area contributed by atoms with Crippen LogP contribution in [0.1, 0.15) is 60.6 Å². The summed E-state index contributed by atoms with van der Waals surface area (Å²) in [4.78, 5) is 15.5. The van der Waals surface area contributed by atoms with Gasteiger partial charge in [-0.25, -0.2) is 0 Å². The zero-order chi connectivity index (χ0) is 23.7. The van der Waals surface area contributed by atoms with Gasteiger partial charge in [-0.3, -0.25) is 9.69 Å². The Kier molecular flexibility index (Phi) is 7.48. The molecule has 1 N–H and O–H groups in total. The van der Waals surface area contributed by atoms with Gasteiger partial charge in [-0.1, -0.05) is 66.9 Å². The van der Waals surface area contributed by atoms with Gasteiger partial charge in [0.15, 0.2) is 0 Å². The second-order valence-electron chi connectivity index (χ2n) is 8.65. The Bertz CT molecular complexity index is 968. The van der Waals surface area contributed by atoms with Gasteiger partial charge >= 0.3 is 6.18 Å². The van der Waals surface area contributed by atoms with Gasteiger partial charge in [-0.05, 0) is 50.4 Å². The van der Waals surface area contributed by atoms with E-state index in [-0.39, 0.29) is 10.6 Å². The monoisotopic (exact) mass is 486 g/mol. The van der Waals surface area contributed by atoms with Crippen molar-refractivity contribution >= 4 is 29.1 Å². The Morgan fingerprint density at radius 1 is 1.22 bits per heavy atom. The minimum absolute atomic E-state index is 0.125. The molecule has 0 aromatic heterocycles. The predicted molar refractivity (Wildman–Crippen MR) is 122 cm³/mol. The summed E-state index contributed by atoms with van der Waals surface area (Å²) in [5, 5.41) is 2.15. The second-order valence-corrected chi connectivity index (χ2v) is 9.43. The maximum absolute atomic E-state index is 13.4. The first-order chi connectivity index (χ1) is 15.0. The van der Waals surface area contributed by atoms with E-state index in [9.17, 15) is 18.0 Å². The van der Waals surface area contributed by atoms with E-state index in [1.165, 1.54) is 0 Å². The number of piperidine rings is 1. The molecule has 3 nitrogen and oxygen atoms in total. The van der Waals surface area contributed by atoms with Gasteiger partial charge in [-0.15, -0.1) is 0 Å². The number of halogens is 5. The summed E-state index contributed by atoms with van der Waals surface area (Å²) in [6.45, 7) is 5.11. The second kappa shape index (κ2) is 9.62. The molecule has 2 aromatic carbocycles. The number of nitrogens with one attached hydrogen (secondary N) is 1. The van der Waals surface area contributed by atoms with Crippen LogP contribution in [0.4, 0.5) is 13.2 Å². The molecule has 0 radical (unpaired) electrons. The average Bonchev–Trinajstić information content (AvgIpc) is 2.73. The highest BCUT2D eigenvalue weighted by Gasteiger charge is 2.44. The van der Waals surface area contributed by atoms with E-state index in [0.29, 0.717) is 5.92 Å². The molecule has 1 saturated heterocycles. The molecule has 0 bridgehead atoms. The van der Waals surface area contributed by atoms with Gasteiger partial charge in [-0.2, -0.15) is 13.2 Å². The van der Waals surface area contributed by atoms with E-state index in [2.05, 4.69) is 24.1 Å². The largest absolute Gasteiger partial charge is 0.417 e.